The van der Waals surface area contributed by atoms with E-state index in [1.54, 1.807) is 0 Å². The van der Waals surface area contributed by atoms with Crippen LogP contribution in [0.15, 0.2) is 18.2 Å². The Morgan fingerprint density at radius 1 is 1.14 bits per heavy atom. The normalized spacial score (nSPS) is 13.4. The van der Waals surface area contributed by atoms with Gasteiger partial charge in [0.15, 0.2) is 0 Å². The molecule has 0 saturated heterocycles. The molecule has 1 atom stereocenters. The van der Waals surface area contributed by atoms with Gasteiger partial charge in [0.1, 0.15) is 11.6 Å². The maximum absolute atomic E-state index is 13.9. The number of halogens is 2. The molecule has 0 aromatic heterocycles. The van der Waals surface area contributed by atoms with E-state index < -0.39 is 5.82 Å². The minimum atomic E-state index is -0.406. The topological polar surface area (TPSA) is 21.3 Å². The van der Waals surface area contributed by atoms with E-state index in [1.165, 1.54) is 12.1 Å². The molecule has 0 aliphatic heterocycles. The van der Waals surface area contributed by atoms with Gasteiger partial charge in [-0.3, -0.25) is 0 Å². The molecular formula is C17H27F2NO. The average molecular weight is 299 g/mol. The van der Waals surface area contributed by atoms with Crippen molar-refractivity contribution < 1.29 is 13.5 Å². The van der Waals surface area contributed by atoms with Gasteiger partial charge in [0, 0.05) is 12.6 Å². The van der Waals surface area contributed by atoms with Crippen molar-refractivity contribution in [2.45, 2.75) is 58.6 Å². The molecule has 21 heavy (non-hydrogen) atoms. The molecule has 0 aliphatic rings. The van der Waals surface area contributed by atoms with Crippen molar-refractivity contribution in [2.75, 3.05) is 13.2 Å². The molecule has 4 heteroatoms. The van der Waals surface area contributed by atoms with Gasteiger partial charge in [-0.05, 0) is 56.5 Å². The number of hydrogen-bond acceptors (Lipinski definition) is 2. The zero-order chi connectivity index (χ0) is 15.9. The second-order valence-electron chi connectivity index (χ2n) is 5.26. The molecular weight excluding hydrogens is 272 g/mol. The maximum atomic E-state index is 13.9. The molecule has 120 valence electrons. The summed E-state index contributed by atoms with van der Waals surface area (Å²) in [4.78, 5) is 0. The van der Waals surface area contributed by atoms with Crippen LogP contribution in [0, 0.1) is 11.6 Å². The average Bonchev–Trinajstić information content (AvgIpc) is 2.48. The third-order valence-electron chi connectivity index (χ3n) is 4.15. The Balaban J connectivity index is 3.07. The highest BCUT2D eigenvalue weighted by Gasteiger charge is 2.36. The molecule has 0 spiro atoms. The zero-order valence-electron chi connectivity index (χ0n) is 13.5. The standard InChI is InChI=1S/C17H27F2NO/c1-5-17(6-2,21-8-4)16(20-7-3)12-13-11-14(18)9-10-15(13)19/h9-11,16,20H,5-8,12H2,1-4H3. The lowest BCUT2D eigenvalue weighted by Gasteiger charge is -2.40. The molecule has 0 fully saturated rings. The minimum Gasteiger partial charge on any atom is -0.374 e. The highest BCUT2D eigenvalue weighted by molar-refractivity contribution is 5.21. The van der Waals surface area contributed by atoms with Crippen LogP contribution in [0.4, 0.5) is 8.78 Å². The van der Waals surface area contributed by atoms with Crippen LogP contribution in [0.1, 0.15) is 46.1 Å². The SMILES string of the molecule is CCNC(Cc1cc(F)ccc1F)C(CC)(CC)OCC. The van der Waals surface area contributed by atoms with Gasteiger partial charge in [0.05, 0.1) is 5.60 Å². The second kappa shape index (κ2) is 8.44. The molecule has 2 nitrogen and oxygen atoms in total. The molecule has 0 saturated carbocycles. The summed E-state index contributed by atoms with van der Waals surface area (Å²) in [6, 6.07) is 3.57. The molecule has 1 aromatic rings. The highest BCUT2D eigenvalue weighted by atomic mass is 19.1. The van der Waals surface area contributed by atoms with Crippen molar-refractivity contribution in [3.05, 3.63) is 35.4 Å². The summed E-state index contributed by atoms with van der Waals surface area (Å²) in [5, 5.41) is 3.39. The Kier molecular flexibility index (Phi) is 7.26. The number of benzene rings is 1. The zero-order valence-corrected chi connectivity index (χ0v) is 13.5. The fourth-order valence-corrected chi connectivity index (χ4v) is 2.95. The van der Waals surface area contributed by atoms with Crippen LogP contribution in [0.3, 0.4) is 0 Å². The summed E-state index contributed by atoms with van der Waals surface area (Å²) in [6.45, 7) is 9.49. The summed E-state index contributed by atoms with van der Waals surface area (Å²) in [6.07, 6.45) is 2.07. The largest absolute Gasteiger partial charge is 0.374 e. The highest BCUT2D eigenvalue weighted by Crippen LogP contribution is 2.28. The lowest BCUT2D eigenvalue weighted by Crippen LogP contribution is -2.53. The molecule has 0 heterocycles. The fourth-order valence-electron chi connectivity index (χ4n) is 2.95. The Bertz CT molecular complexity index is 433. The molecule has 1 aromatic carbocycles. The van der Waals surface area contributed by atoms with Gasteiger partial charge < -0.3 is 10.1 Å². The number of rotatable bonds is 9. The van der Waals surface area contributed by atoms with Crippen molar-refractivity contribution in [1.29, 1.82) is 0 Å². The van der Waals surface area contributed by atoms with Crippen LogP contribution in [-0.4, -0.2) is 24.8 Å². The van der Waals surface area contributed by atoms with E-state index in [2.05, 4.69) is 19.2 Å². The van der Waals surface area contributed by atoms with E-state index in [9.17, 15) is 8.78 Å². The van der Waals surface area contributed by atoms with Crippen molar-refractivity contribution >= 4 is 0 Å². The molecule has 0 aliphatic carbocycles. The van der Waals surface area contributed by atoms with Crippen molar-refractivity contribution in [1.82, 2.24) is 5.32 Å². The molecule has 0 bridgehead atoms. The van der Waals surface area contributed by atoms with Gasteiger partial charge in [-0.25, -0.2) is 8.78 Å². The van der Waals surface area contributed by atoms with Crippen LogP contribution < -0.4 is 5.32 Å². The van der Waals surface area contributed by atoms with Gasteiger partial charge in [-0.1, -0.05) is 20.8 Å². The van der Waals surface area contributed by atoms with E-state index in [4.69, 9.17) is 4.74 Å². The first-order valence-corrected chi connectivity index (χ1v) is 7.84. The molecule has 0 amide bonds. The second-order valence-corrected chi connectivity index (χ2v) is 5.26. The lowest BCUT2D eigenvalue weighted by molar-refractivity contribution is -0.0717. The number of ether oxygens (including phenoxy) is 1. The van der Waals surface area contributed by atoms with Crippen LogP contribution in [0.5, 0.6) is 0 Å². The first-order chi connectivity index (χ1) is 10.0. The first kappa shape index (κ1) is 18.1. The molecule has 1 rings (SSSR count). The lowest BCUT2D eigenvalue weighted by atomic mass is 9.84. The van der Waals surface area contributed by atoms with Gasteiger partial charge in [-0.2, -0.15) is 0 Å². The van der Waals surface area contributed by atoms with Gasteiger partial charge in [0.25, 0.3) is 0 Å². The van der Waals surface area contributed by atoms with Crippen molar-refractivity contribution in [3.8, 4) is 0 Å². The third-order valence-corrected chi connectivity index (χ3v) is 4.15. The monoisotopic (exact) mass is 299 g/mol. The van der Waals surface area contributed by atoms with Crippen LogP contribution in [0.2, 0.25) is 0 Å². The predicted octanol–water partition coefficient (Wildman–Crippen LogP) is 4.08. The van der Waals surface area contributed by atoms with Crippen molar-refractivity contribution in [3.63, 3.8) is 0 Å². The van der Waals surface area contributed by atoms with E-state index in [1.807, 2.05) is 13.8 Å². The Morgan fingerprint density at radius 3 is 2.33 bits per heavy atom. The minimum absolute atomic E-state index is 0.0475. The summed E-state index contributed by atoms with van der Waals surface area (Å²) in [7, 11) is 0. The number of nitrogens with one attached hydrogen (secondary N) is 1. The molecule has 1 N–H and O–H groups in total. The van der Waals surface area contributed by atoms with E-state index in [0.717, 1.165) is 25.5 Å². The first-order valence-electron chi connectivity index (χ1n) is 7.84. The summed E-state index contributed by atoms with van der Waals surface area (Å²) in [5.74, 6) is -0.770. The molecule has 1 unspecified atom stereocenters. The molecule has 0 radical (unpaired) electrons. The van der Waals surface area contributed by atoms with Crippen LogP contribution >= 0.6 is 0 Å². The van der Waals surface area contributed by atoms with Crippen molar-refractivity contribution in [2.24, 2.45) is 0 Å². The van der Waals surface area contributed by atoms with Gasteiger partial charge >= 0.3 is 0 Å². The van der Waals surface area contributed by atoms with Gasteiger partial charge in [-0.15, -0.1) is 0 Å². The summed E-state index contributed by atoms with van der Waals surface area (Å²) < 4.78 is 33.3. The quantitative estimate of drug-likeness (QED) is 0.742. The number of hydrogen-bond donors (Lipinski definition) is 1. The van der Waals surface area contributed by atoms with E-state index in [0.29, 0.717) is 18.6 Å². The van der Waals surface area contributed by atoms with Crippen LogP contribution in [-0.2, 0) is 11.2 Å². The summed E-state index contributed by atoms with van der Waals surface area (Å²) in [5.41, 5.74) is 0.0377. The third kappa shape index (κ3) is 4.48. The Hall–Kier alpha value is -1.00. The number of likely N-dealkylation sites (N-methyl/N-ethyl adjacent to an activating group) is 1. The maximum Gasteiger partial charge on any atom is 0.126 e. The van der Waals surface area contributed by atoms with Gasteiger partial charge in [0.2, 0.25) is 0 Å². The Labute approximate surface area is 126 Å². The van der Waals surface area contributed by atoms with E-state index in [-0.39, 0.29) is 17.5 Å². The Morgan fingerprint density at radius 2 is 1.81 bits per heavy atom. The van der Waals surface area contributed by atoms with Crippen LogP contribution in [0.25, 0.3) is 0 Å². The predicted molar refractivity (Wildman–Crippen MR) is 82.5 cm³/mol. The van der Waals surface area contributed by atoms with E-state index >= 15 is 0 Å². The fraction of sp³-hybridized carbons (Fsp3) is 0.647. The smallest absolute Gasteiger partial charge is 0.126 e. The summed E-state index contributed by atoms with van der Waals surface area (Å²) >= 11 is 0.